The molecule has 44 heavy (non-hydrogen) atoms. The van der Waals surface area contributed by atoms with Crippen LogP contribution in [0.3, 0.4) is 0 Å². The van der Waals surface area contributed by atoms with Gasteiger partial charge in [-0.15, -0.1) is 0 Å². The average Bonchev–Trinajstić information content (AvgIpc) is 3.10. The van der Waals surface area contributed by atoms with Crippen molar-refractivity contribution in [2.45, 2.75) is 32.6 Å². The van der Waals surface area contributed by atoms with Gasteiger partial charge in [-0.2, -0.15) is 0 Å². The zero-order valence-corrected chi connectivity index (χ0v) is 25.3. The Labute approximate surface area is 261 Å². The van der Waals surface area contributed by atoms with Gasteiger partial charge in [-0.05, 0) is 107 Å². The van der Waals surface area contributed by atoms with Crippen molar-refractivity contribution < 1.29 is 0 Å². The van der Waals surface area contributed by atoms with E-state index in [0.29, 0.717) is 0 Å². The second-order valence-electron chi connectivity index (χ2n) is 12.6. The molecule has 2 bridgehead atoms. The smallest absolute Gasteiger partial charge is 0.0540 e. The molecule has 2 unspecified atom stereocenters. The summed E-state index contributed by atoms with van der Waals surface area (Å²) in [6.45, 7) is 2.43. The minimum atomic E-state index is 0.754. The zero-order valence-electron chi connectivity index (χ0n) is 25.3. The zero-order chi connectivity index (χ0) is 29.5. The van der Waals surface area contributed by atoms with Crippen LogP contribution in [-0.2, 0) is 0 Å². The average molecular weight is 568 g/mol. The van der Waals surface area contributed by atoms with Crippen LogP contribution in [0.4, 0.5) is 17.1 Å². The third-order valence-corrected chi connectivity index (χ3v) is 9.92. The molecular formula is C43H37N. The van der Waals surface area contributed by atoms with Gasteiger partial charge in [0.05, 0.1) is 5.69 Å². The van der Waals surface area contributed by atoms with Gasteiger partial charge < -0.3 is 4.90 Å². The first-order valence-electron chi connectivity index (χ1n) is 16.1. The van der Waals surface area contributed by atoms with Crippen molar-refractivity contribution >= 4 is 33.4 Å². The fraction of sp³-hybridized carbons (Fsp3) is 0.163. The molecule has 0 saturated heterocycles. The highest BCUT2D eigenvalue weighted by molar-refractivity contribution is 5.99. The monoisotopic (exact) mass is 567 g/mol. The van der Waals surface area contributed by atoms with E-state index in [9.17, 15) is 0 Å². The van der Waals surface area contributed by atoms with Crippen LogP contribution < -0.4 is 4.90 Å². The predicted molar refractivity (Wildman–Crippen MR) is 188 cm³/mol. The number of hydrogen-bond acceptors (Lipinski definition) is 1. The first kappa shape index (κ1) is 26.7. The van der Waals surface area contributed by atoms with Crippen molar-refractivity contribution in [3.8, 4) is 22.3 Å². The molecule has 6 aromatic rings. The number of fused-ring (bicyclic) bond motifs is 4. The molecule has 0 spiro atoms. The Bertz CT molecular complexity index is 1940. The molecular weight excluding hydrogens is 530 g/mol. The Morgan fingerprint density at radius 1 is 0.523 bits per heavy atom. The van der Waals surface area contributed by atoms with E-state index in [2.05, 4.69) is 157 Å². The van der Waals surface area contributed by atoms with Crippen LogP contribution in [0, 0.1) is 11.8 Å². The number of benzene rings is 6. The van der Waals surface area contributed by atoms with Crippen LogP contribution >= 0.6 is 0 Å². The van der Waals surface area contributed by atoms with E-state index in [1.165, 1.54) is 70.0 Å². The number of allylic oxidation sites excluding steroid dienone is 2. The fourth-order valence-corrected chi connectivity index (χ4v) is 7.65. The van der Waals surface area contributed by atoms with Gasteiger partial charge in [0.2, 0.25) is 0 Å². The van der Waals surface area contributed by atoms with Crippen LogP contribution in [-0.4, -0.2) is 0 Å². The summed E-state index contributed by atoms with van der Waals surface area (Å²) in [5, 5.41) is 2.48. The van der Waals surface area contributed by atoms with E-state index in [4.69, 9.17) is 0 Å². The summed E-state index contributed by atoms with van der Waals surface area (Å²) < 4.78 is 0. The lowest BCUT2D eigenvalue weighted by Gasteiger charge is -2.38. The van der Waals surface area contributed by atoms with Crippen LogP contribution in [0.25, 0.3) is 38.6 Å². The number of hydrogen-bond donors (Lipinski definition) is 0. The molecule has 6 aromatic carbocycles. The highest BCUT2D eigenvalue weighted by Crippen LogP contribution is 2.48. The quantitative estimate of drug-likeness (QED) is 0.193. The number of rotatable bonds is 6. The van der Waals surface area contributed by atoms with Gasteiger partial charge in [0, 0.05) is 16.8 Å². The molecule has 3 aliphatic rings. The standard InChI is InChI=1S/C43H37N/c1-30-28-31-14-27-40(30)42(29-31)37-17-15-33(16-18-37)35-21-25-39(26-22-35)44(43-13-7-11-36-10-5-6-12-41(36)43)38-23-19-34(20-24-38)32-8-3-2-4-9-32/h2-13,15-26,30-31H,14,27-29H2,1H3. The Morgan fingerprint density at radius 3 is 1.70 bits per heavy atom. The Balaban J connectivity index is 1.14. The maximum absolute atomic E-state index is 2.43. The highest BCUT2D eigenvalue weighted by atomic mass is 15.1. The molecule has 0 N–H and O–H groups in total. The molecule has 214 valence electrons. The van der Waals surface area contributed by atoms with Crippen molar-refractivity contribution in [2.75, 3.05) is 4.90 Å². The topological polar surface area (TPSA) is 3.24 Å². The molecule has 0 heterocycles. The summed E-state index contributed by atoms with van der Waals surface area (Å²) in [6.07, 6.45) is 5.34. The van der Waals surface area contributed by atoms with Crippen LogP contribution in [0.1, 0.15) is 38.2 Å². The second-order valence-corrected chi connectivity index (χ2v) is 12.6. The van der Waals surface area contributed by atoms with Gasteiger partial charge in [-0.1, -0.05) is 128 Å². The first-order valence-corrected chi connectivity index (χ1v) is 16.1. The van der Waals surface area contributed by atoms with Gasteiger partial charge in [-0.25, -0.2) is 0 Å². The summed E-state index contributed by atoms with van der Waals surface area (Å²) in [4.78, 5) is 2.39. The normalized spacial score (nSPS) is 17.7. The lowest BCUT2D eigenvalue weighted by molar-refractivity contribution is 0.328. The van der Waals surface area contributed by atoms with Crippen LogP contribution in [0.5, 0.6) is 0 Å². The molecule has 1 heteroatoms. The Hall–Kier alpha value is -4.88. The van der Waals surface area contributed by atoms with Crippen LogP contribution in [0.15, 0.2) is 151 Å². The SMILES string of the molecule is CC1CC2CCC1=C(c1ccc(-c3ccc(N(c4ccc(-c5ccccc5)cc4)c4cccc5ccccc45)cc3)cc1)C2. The Kier molecular flexibility index (Phi) is 6.88. The van der Waals surface area contributed by atoms with Crippen molar-refractivity contribution in [1.29, 1.82) is 0 Å². The van der Waals surface area contributed by atoms with Gasteiger partial charge >= 0.3 is 0 Å². The molecule has 1 saturated carbocycles. The van der Waals surface area contributed by atoms with Gasteiger partial charge in [-0.3, -0.25) is 0 Å². The van der Waals surface area contributed by atoms with E-state index < -0.39 is 0 Å². The number of nitrogens with zero attached hydrogens (tertiary/aromatic N) is 1. The summed E-state index contributed by atoms with van der Waals surface area (Å²) >= 11 is 0. The van der Waals surface area contributed by atoms with E-state index in [-0.39, 0.29) is 0 Å². The van der Waals surface area contributed by atoms with E-state index >= 15 is 0 Å². The number of anilines is 3. The lowest BCUT2D eigenvalue weighted by Crippen LogP contribution is -2.23. The van der Waals surface area contributed by atoms with Crippen LogP contribution in [0.2, 0.25) is 0 Å². The largest absolute Gasteiger partial charge is 0.310 e. The predicted octanol–water partition coefficient (Wildman–Crippen LogP) is 12.2. The molecule has 1 fully saturated rings. The molecule has 0 radical (unpaired) electrons. The maximum Gasteiger partial charge on any atom is 0.0540 e. The maximum atomic E-state index is 2.43. The van der Waals surface area contributed by atoms with E-state index in [0.717, 1.165) is 23.2 Å². The summed E-state index contributed by atoms with van der Waals surface area (Å²) in [7, 11) is 0. The Morgan fingerprint density at radius 2 is 1.07 bits per heavy atom. The van der Waals surface area contributed by atoms with Crippen molar-refractivity contribution in [2.24, 2.45) is 11.8 Å². The summed E-state index contributed by atoms with van der Waals surface area (Å²) in [5.41, 5.74) is 13.2. The van der Waals surface area contributed by atoms with Gasteiger partial charge in [0.25, 0.3) is 0 Å². The molecule has 0 aromatic heterocycles. The van der Waals surface area contributed by atoms with Crippen molar-refractivity contribution in [3.05, 3.63) is 157 Å². The molecule has 0 amide bonds. The third kappa shape index (κ3) is 4.93. The van der Waals surface area contributed by atoms with Gasteiger partial charge in [0.15, 0.2) is 0 Å². The molecule has 3 aliphatic carbocycles. The third-order valence-electron chi connectivity index (χ3n) is 9.92. The van der Waals surface area contributed by atoms with E-state index in [1.807, 2.05) is 0 Å². The van der Waals surface area contributed by atoms with Crippen molar-refractivity contribution in [3.63, 3.8) is 0 Å². The summed E-state index contributed by atoms with van der Waals surface area (Å²) in [6, 6.07) is 53.2. The second kappa shape index (κ2) is 11.3. The molecule has 1 nitrogen and oxygen atoms in total. The highest BCUT2D eigenvalue weighted by Gasteiger charge is 2.32. The fourth-order valence-electron chi connectivity index (χ4n) is 7.65. The van der Waals surface area contributed by atoms with E-state index in [1.54, 1.807) is 11.1 Å². The van der Waals surface area contributed by atoms with Crippen molar-refractivity contribution in [1.82, 2.24) is 0 Å². The van der Waals surface area contributed by atoms with Gasteiger partial charge in [0.1, 0.15) is 0 Å². The lowest BCUT2D eigenvalue weighted by atomic mass is 9.67. The minimum absolute atomic E-state index is 0.754. The molecule has 2 atom stereocenters. The summed E-state index contributed by atoms with van der Waals surface area (Å²) in [5.74, 6) is 1.63. The molecule has 0 aliphatic heterocycles. The molecule has 9 rings (SSSR count). The minimum Gasteiger partial charge on any atom is -0.310 e. The first-order chi connectivity index (χ1) is 21.7.